The number of anilines is 2. The summed E-state index contributed by atoms with van der Waals surface area (Å²) in [5, 5.41) is 5.50. The van der Waals surface area contributed by atoms with Crippen LogP contribution < -0.4 is 20.1 Å². The van der Waals surface area contributed by atoms with Crippen LogP contribution in [0.3, 0.4) is 0 Å². The van der Waals surface area contributed by atoms with Crippen LogP contribution in [0, 0.1) is 0 Å². The fourth-order valence-corrected chi connectivity index (χ4v) is 2.33. The summed E-state index contributed by atoms with van der Waals surface area (Å²) in [5.41, 5.74) is 1.67. The summed E-state index contributed by atoms with van der Waals surface area (Å²) in [5.74, 6) is 0.726. The third-order valence-electron chi connectivity index (χ3n) is 3.41. The molecular formula is C20H24N2O4. The van der Waals surface area contributed by atoms with Crippen molar-refractivity contribution in [3.8, 4) is 11.5 Å². The van der Waals surface area contributed by atoms with Crippen LogP contribution in [-0.4, -0.2) is 25.0 Å². The van der Waals surface area contributed by atoms with Crippen LogP contribution in [-0.2, 0) is 4.79 Å². The van der Waals surface area contributed by atoms with Crippen LogP contribution in [0.2, 0.25) is 0 Å². The molecule has 6 nitrogen and oxygen atoms in total. The Balaban J connectivity index is 2.16. The smallest absolute Gasteiger partial charge is 0.255 e. The van der Waals surface area contributed by atoms with Gasteiger partial charge in [-0.25, -0.2) is 0 Å². The number of carbonyl (C=O) groups is 2. The van der Waals surface area contributed by atoms with Crippen molar-refractivity contribution in [2.24, 2.45) is 0 Å². The Morgan fingerprint density at radius 1 is 0.923 bits per heavy atom. The quantitative estimate of drug-likeness (QED) is 0.747. The minimum atomic E-state index is -0.270. The van der Waals surface area contributed by atoms with E-state index in [1.807, 2.05) is 13.8 Å². The van der Waals surface area contributed by atoms with Crippen molar-refractivity contribution in [2.75, 3.05) is 23.8 Å². The molecule has 0 radical (unpaired) electrons. The highest BCUT2D eigenvalue weighted by atomic mass is 16.5. The number of rotatable bonds is 8. The van der Waals surface area contributed by atoms with Gasteiger partial charge in [-0.15, -0.1) is 0 Å². The molecule has 2 N–H and O–H groups in total. The first-order valence-electron chi connectivity index (χ1n) is 8.62. The molecule has 6 heteroatoms. The highest BCUT2D eigenvalue weighted by molar-refractivity contribution is 6.05. The highest BCUT2D eigenvalue weighted by Crippen LogP contribution is 2.29. The number of hydrogen-bond donors (Lipinski definition) is 2. The summed E-state index contributed by atoms with van der Waals surface area (Å²) in [4.78, 5) is 23.7. The van der Waals surface area contributed by atoms with E-state index < -0.39 is 0 Å². The Hall–Kier alpha value is -3.02. The normalized spacial score (nSPS) is 10.1. The molecule has 0 aliphatic heterocycles. The molecule has 0 saturated carbocycles. The number of ether oxygens (including phenoxy) is 2. The van der Waals surface area contributed by atoms with E-state index >= 15 is 0 Å². The Bertz CT molecular complexity index is 774. The van der Waals surface area contributed by atoms with Gasteiger partial charge in [-0.3, -0.25) is 9.59 Å². The number of amides is 2. The topological polar surface area (TPSA) is 76.7 Å². The average molecular weight is 356 g/mol. The Labute approximate surface area is 153 Å². The van der Waals surface area contributed by atoms with Gasteiger partial charge in [0.15, 0.2) is 11.5 Å². The largest absolute Gasteiger partial charge is 0.490 e. The van der Waals surface area contributed by atoms with E-state index in [0.717, 1.165) is 6.42 Å². The van der Waals surface area contributed by atoms with E-state index in [1.165, 1.54) is 6.92 Å². The minimum Gasteiger partial charge on any atom is -0.490 e. The lowest BCUT2D eigenvalue weighted by atomic mass is 10.1. The first kappa shape index (κ1) is 19.3. The van der Waals surface area contributed by atoms with Crippen LogP contribution in [0.1, 0.15) is 37.6 Å². The molecule has 0 atom stereocenters. The summed E-state index contributed by atoms with van der Waals surface area (Å²) >= 11 is 0. The molecule has 138 valence electrons. The van der Waals surface area contributed by atoms with E-state index in [0.29, 0.717) is 41.7 Å². The van der Waals surface area contributed by atoms with Crippen molar-refractivity contribution in [3.05, 3.63) is 48.0 Å². The third kappa shape index (κ3) is 5.51. The first-order valence-corrected chi connectivity index (χ1v) is 8.62. The van der Waals surface area contributed by atoms with Crippen molar-refractivity contribution in [3.63, 3.8) is 0 Å². The van der Waals surface area contributed by atoms with Crippen molar-refractivity contribution >= 4 is 23.2 Å². The average Bonchev–Trinajstić information content (AvgIpc) is 2.60. The molecule has 0 fully saturated rings. The van der Waals surface area contributed by atoms with Gasteiger partial charge in [0.1, 0.15) is 0 Å². The zero-order chi connectivity index (χ0) is 18.9. The van der Waals surface area contributed by atoms with Crippen LogP contribution in [0.4, 0.5) is 11.4 Å². The van der Waals surface area contributed by atoms with Gasteiger partial charge in [0.25, 0.3) is 5.91 Å². The third-order valence-corrected chi connectivity index (χ3v) is 3.41. The molecule has 0 aromatic heterocycles. The second kappa shape index (κ2) is 9.46. The maximum atomic E-state index is 12.5. The lowest BCUT2D eigenvalue weighted by Crippen LogP contribution is -2.13. The molecule has 2 aromatic carbocycles. The number of nitrogens with one attached hydrogen (secondary N) is 2. The molecule has 0 saturated heterocycles. The van der Waals surface area contributed by atoms with Crippen LogP contribution in [0.25, 0.3) is 0 Å². The van der Waals surface area contributed by atoms with Crippen LogP contribution in [0.5, 0.6) is 11.5 Å². The zero-order valence-corrected chi connectivity index (χ0v) is 15.3. The second-order valence-electron chi connectivity index (χ2n) is 5.66. The van der Waals surface area contributed by atoms with Gasteiger partial charge in [-0.2, -0.15) is 0 Å². The Kier molecular flexibility index (Phi) is 7.02. The monoisotopic (exact) mass is 356 g/mol. The zero-order valence-electron chi connectivity index (χ0n) is 15.3. The summed E-state index contributed by atoms with van der Waals surface area (Å²) in [6, 6.07) is 12.1. The van der Waals surface area contributed by atoms with Gasteiger partial charge in [0, 0.05) is 23.9 Å². The molecule has 0 aliphatic rings. The van der Waals surface area contributed by atoms with Gasteiger partial charge in [-0.1, -0.05) is 13.0 Å². The Morgan fingerprint density at radius 2 is 1.65 bits per heavy atom. The summed E-state index contributed by atoms with van der Waals surface area (Å²) in [6.45, 7) is 6.40. The molecule has 0 spiro atoms. The fraction of sp³-hybridized carbons (Fsp3) is 0.300. The second-order valence-corrected chi connectivity index (χ2v) is 5.66. The number of carbonyl (C=O) groups excluding carboxylic acids is 2. The lowest BCUT2D eigenvalue weighted by Gasteiger charge is -2.13. The van der Waals surface area contributed by atoms with E-state index in [9.17, 15) is 9.59 Å². The summed E-state index contributed by atoms with van der Waals surface area (Å²) in [7, 11) is 0. The first-order chi connectivity index (χ1) is 12.5. The van der Waals surface area contributed by atoms with Crippen molar-refractivity contribution < 1.29 is 19.1 Å². The molecule has 2 aromatic rings. The molecular weight excluding hydrogens is 332 g/mol. The maximum Gasteiger partial charge on any atom is 0.255 e. The number of hydrogen-bond acceptors (Lipinski definition) is 4. The molecule has 26 heavy (non-hydrogen) atoms. The predicted octanol–water partition coefficient (Wildman–Crippen LogP) is 4.08. The molecule has 2 rings (SSSR count). The lowest BCUT2D eigenvalue weighted by molar-refractivity contribution is -0.114. The standard InChI is InChI=1S/C20H24N2O4/c1-4-11-26-18-10-9-15(12-19(18)25-5-2)20(24)22-17-8-6-7-16(13-17)21-14(3)23/h6-10,12-13H,4-5,11H2,1-3H3,(H,21,23)(H,22,24). The van der Waals surface area contributed by atoms with Gasteiger partial charge >= 0.3 is 0 Å². The van der Waals surface area contributed by atoms with E-state index in [-0.39, 0.29) is 11.8 Å². The van der Waals surface area contributed by atoms with Gasteiger partial charge < -0.3 is 20.1 Å². The summed E-state index contributed by atoms with van der Waals surface area (Å²) in [6.07, 6.45) is 0.887. The Morgan fingerprint density at radius 3 is 2.31 bits per heavy atom. The molecule has 0 unspecified atom stereocenters. The van der Waals surface area contributed by atoms with Gasteiger partial charge in [-0.05, 0) is 49.7 Å². The molecule has 0 aliphatic carbocycles. The highest BCUT2D eigenvalue weighted by Gasteiger charge is 2.12. The van der Waals surface area contributed by atoms with Crippen LogP contribution >= 0.6 is 0 Å². The number of benzene rings is 2. The minimum absolute atomic E-state index is 0.169. The van der Waals surface area contributed by atoms with E-state index in [4.69, 9.17) is 9.47 Å². The van der Waals surface area contributed by atoms with Gasteiger partial charge in [0.05, 0.1) is 13.2 Å². The fourth-order valence-electron chi connectivity index (χ4n) is 2.33. The van der Waals surface area contributed by atoms with Crippen molar-refractivity contribution in [1.82, 2.24) is 0 Å². The summed E-state index contributed by atoms with van der Waals surface area (Å²) < 4.78 is 11.2. The predicted molar refractivity (Wildman–Crippen MR) is 102 cm³/mol. The molecule has 0 bridgehead atoms. The van der Waals surface area contributed by atoms with Crippen molar-refractivity contribution in [2.45, 2.75) is 27.2 Å². The van der Waals surface area contributed by atoms with E-state index in [2.05, 4.69) is 10.6 Å². The molecule has 0 heterocycles. The maximum absolute atomic E-state index is 12.5. The SMILES string of the molecule is CCCOc1ccc(C(=O)Nc2cccc(NC(C)=O)c2)cc1OCC. The van der Waals surface area contributed by atoms with E-state index in [1.54, 1.807) is 42.5 Å². The van der Waals surface area contributed by atoms with Gasteiger partial charge in [0.2, 0.25) is 5.91 Å². The molecule has 2 amide bonds. The van der Waals surface area contributed by atoms with Crippen molar-refractivity contribution in [1.29, 1.82) is 0 Å². The van der Waals surface area contributed by atoms with Crippen LogP contribution in [0.15, 0.2) is 42.5 Å².